The topological polar surface area (TPSA) is 68.4 Å². The van der Waals surface area contributed by atoms with Crippen LogP contribution in [0.5, 0.6) is 0 Å². The fraction of sp³-hybridized carbons (Fsp3) is 0.278. The Hall–Kier alpha value is -2.89. The van der Waals surface area contributed by atoms with Crippen LogP contribution in [0, 0.1) is 0 Å². The van der Waals surface area contributed by atoms with Crippen molar-refractivity contribution in [1.82, 2.24) is 19.5 Å². The molecule has 0 fully saturated rings. The molecule has 0 saturated carbocycles. The van der Waals surface area contributed by atoms with Crippen molar-refractivity contribution in [2.75, 3.05) is 6.54 Å². The molecule has 0 aliphatic heterocycles. The lowest BCUT2D eigenvalue weighted by Crippen LogP contribution is -2.34. The maximum Gasteiger partial charge on any atom is 0.350 e. The first-order valence-corrected chi connectivity index (χ1v) is 8.05. The van der Waals surface area contributed by atoms with E-state index in [2.05, 4.69) is 29.5 Å². The minimum absolute atomic E-state index is 0.0776. The molecule has 6 nitrogen and oxygen atoms in total. The van der Waals surface area contributed by atoms with Gasteiger partial charge in [0.05, 0.1) is 0 Å². The Morgan fingerprint density at radius 1 is 1.17 bits per heavy atom. The van der Waals surface area contributed by atoms with Crippen LogP contribution in [0.4, 0.5) is 0 Å². The van der Waals surface area contributed by atoms with Crippen molar-refractivity contribution >= 4 is 11.6 Å². The molecule has 3 aromatic rings. The normalized spacial score (nSPS) is 12.2. The number of fused-ring (bicyclic) bond motifs is 1. The predicted octanol–water partition coefficient (Wildman–Crippen LogP) is 1.81. The SMILES string of the molecule is CCC(CNC(=O)Cn1nc2ccccn2c1=O)c1ccccc1. The fourth-order valence-electron chi connectivity index (χ4n) is 2.72. The Morgan fingerprint density at radius 2 is 1.92 bits per heavy atom. The summed E-state index contributed by atoms with van der Waals surface area (Å²) >= 11 is 0. The van der Waals surface area contributed by atoms with Crippen LogP contribution in [0.1, 0.15) is 24.8 Å². The average molecular weight is 324 g/mol. The minimum Gasteiger partial charge on any atom is -0.354 e. The van der Waals surface area contributed by atoms with Gasteiger partial charge in [0.25, 0.3) is 0 Å². The first-order valence-electron chi connectivity index (χ1n) is 8.05. The maximum atomic E-state index is 12.2. The molecule has 1 atom stereocenters. The lowest BCUT2D eigenvalue weighted by molar-refractivity contribution is -0.121. The highest BCUT2D eigenvalue weighted by molar-refractivity contribution is 5.75. The smallest absolute Gasteiger partial charge is 0.350 e. The Balaban J connectivity index is 1.65. The number of carbonyl (C=O) groups is 1. The van der Waals surface area contributed by atoms with Crippen LogP contribution in [0.2, 0.25) is 0 Å². The second-order valence-electron chi connectivity index (χ2n) is 5.69. The summed E-state index contributed by atoms with van der Waals surface area (Å²) < 4.78 is 2.61. The van der Waals surface area contributed by atoms with Crippen LogP contribution < -0.4 is 11.0 Å². The lowest BCUT2D eigenvalue weighted by Gasteiger charge is -2.16. The number of rotatable bonds is 6. The summed E-state index contributed by atoms with van der Waals surface area (Å²) in [6.07, 6.45) is 2.57. The number of amides is 1. The molecule has 1 aromatic carbocycles. The van der Waals surface area contributed by atoms with Crippen molar-refractivity contribution in [3.63, 3.8) is 0 Å². The van der Waals surface area contributed by atoms with Gasteiger partial charge in [0, 0.05) is 18.7 Å². The summed E-state index contributed by atoms with van der Waals surface area (Å²) in [5, 5.41) is 7.07. The van der Waals surface area contributed by atoms with Gasteiger partial charge in [0.15, 0.2) is 5.65 Å². The highest BCUT2D eigenvalue weighted by Gasteiger charge is 2.13. The van der Waals surface area contributed by atoms with Gasteiger partial charge in [0.2, 0.25) is 5.91 Å². The fourth-order valence-corrected chi connectivity index (χ4v) is 2.72. The molecule has 1 amide bonds. The molecule has 6 heteroatoms. The number of aromatic nitrogens is 3. The molecule has 0 aliphatic carbocycles. The van der Waals surface area contributed by atoms with Crippen LogP contribution >= 0.6 is 0 Å². The molecular formula is C18H20N4O2. The molecule has 0 saturated heterocycles. The van der Waals surface area contributed by atoms with E-state index in [0.29, 0.717) is 12.2 Å². The molecule has 0 aliphatic rings. The van der Waals surface area contributed by atoms with Gasteiger partial charge in [-0.1, -0.05) is 43.3 Å². The van der Waals surface area contributed by atoms with E-state index in [-0.39, 0.29) is 24.1 Å². The number of nitrogens with zero attached hydrogens (tertiary/aromatic N) is 3. The van der Waals surface area contributed by atoms with Crippen LogP contribution in [-0.4, -0.2) is 26.6 Å². The number of carbonyl (C=O) groups excluding carboxylic acids is 1. The van der Waals surface area contributed by atoms with Crippen LogP contribution in [0.15, 0.2) is 59.5 Å². The predicted molar refractivity (Wildman–Crippen MR) is 91.9 cm³/mol. The molecular weight excluding hydrogens is 304 g/mol. The zero-order chi connectivity index (χ0) is 16.9. The van der Waals surface area contributed by atoms with Crippen molar-refractivity contribution in [2.24, 2.45) is 0 Å². The molecule has 0 radical (unpaired) electrons. The maximum absolute atomic E-state index is 12.2. The Morgan fingerprint density at radius 3 is 2.62 bits per heavy atom. The molecule has 2 aromatic heterocycles. The van der Waals surface area contributed by atoms with E-state index >= 15 is 0 Å². The number of hydrogen-bond acceptors (Lipinski definition) is 3. The molecule has 0 bridgehead atoms. The molecule has 0 spiro atoms. The third-order valence-electron chi connectivity index (χ3n) is 4.09. The van der Waals surface area contributed by atoms with Crippen LogP contribution in [0.3, 0.4) is 0 Å². The van der Waals surface area contributed by atoms with Gasteiger partial charge in [-0.3, -0.25) is 9.20 Å². The summed E-state index contributed by atoms with van der Waals surface area (Å²) in [4.78, 5) is 24.3. The summed E-state index contributed by atoms with van der Waals surface area (Å²) in [6, 6.07) is 15.4. The van der Waals surface area contributed by atoms with Gasteiger partial charge >= 0.3 is 5.69 Å². The van der Waals surface area contributed by atoms with E-state index < -0.39 is 0 Å². The van der Waals surface area contributed by atoms with Gasteiger partial charge in [-0.25, -0.2) is 9.48 Å². The molecule has 1 unspecified atom stereocenters. The summed E-state index contributed by atoms with van der Waals surface area (Å²) in [6.45, 7) is 2.56. The average Bonchev–Trinajstić information content (AvgIpc) is 2.92. The Labute approximate surface area is 139 Å². The van der Waals surface area contributed by atoms with Gasteiger partial charge in [0.1, 0.15) is 6.54 Å². The summed E-state index contributed by atoms with van der Waals surface area (Å²) in [5.74, 6) is 0.0443. The molecule has 1 N–H and O–H groups in total. The van der Waals surface area contributed by atoms with E-state index in [4.69, 9.17) is 0 Å². The van der Waals surface area contributed by atoms with E-state index in [0.717, 1.165) is 6.42 Å². The second-order valence-corrected chi connectivity index (χ2v) is 5.69. The first-order chi connectivity index (χ1) is 11.7. The minimum atomic E-state index is -0.309. The highest BCUT2D eigenvalue weighted by atomic mass is 16.2. The Bertz CT molecular complexity index is 883. The third kappa shape index (κ3) is 3.37. The van der Waals surface area contributed by atoms with Gasteiger partial charge in [-0.05, 0) is 24.1 Å². The zero-order valence-electron chi connectivity index (χ0n) is 13.6. The van der Waals surface area contributed by atoms with Crippen molar-refractivity contribution < 1.29 is 4.79 Å². The number of pyridine rings is 1. The number of benzene rings is 1. The molecule has 24 heavy (non-hydrogen) atoms. The summed E-state index contributed by atoms with van der Waals surface area (Å²) in [5.41, 5.74) is 1.42. The quantitative estimate of drug-likeness (QED) is 0.752. The molecule has 124 valence electrons. The summed E-state index contributed by atoms with van der Waals surface area (Å²) in [7, 11) is 0. The van der Waals surface area contributed by atoms with E-state index in [1.54, 1.807) is 24.4 Å². The van der Waals surface area contributed by atoms with E-state index in [1.165, 1.54) is 14.6 Å². The van der Waals surface area contributed by atoms with E-state index in [1.807, 2.05) is 18.2 Å². The largest absolute Gasteiger partial charge is 0.354 e. The van der Waals surface area contributed by atoms with Crippen LogP contribution in [0.25, 0.3) is 5.65 Å². The molecule has 2 heterocycles. The van der Waals surface area contributed by atoms with Crippen molar-refractivity contribution in [3.05, 3.63) is 70.8 Å². The van der Waals surface area contributed by atoms with Crippen molar-refractivity contribution in [3.8, 4) is 0 Å². The third-order valence-corrected chi connectivity index (χ3v) is 4.09. The first kappa shape index (κ1) is 16.0. The van der Waals surface area contributed by atoms with Crippen molar-refractivity contribution in [1.29, 1.82) is 0 Å². The zero-order valence-corrected chi connectivity index (χ0v) is 13.6. The van der Waals surface area contributed by atoms with Gasteiger partial charge < -0.3 is 5.32 Å². The van der Waals surface area contributed by atoms with Gasteiger partial charge in [-0.15, -0.1) is 5.10 Å². The highest BCUT2D eigenvalue weighted by Crippen LogP contribution is 2.17. The number of hydrogen-bond donors (Lipinski definition) is 1. The van der Waals surface area contributed by atoms with Crippen molar-refractivity contribution in [2.45, 2.75) is 25.8 Å². The van der Waals surface area contributed by atoms with Crippen LogP contribution in [-0.2, 0) is 11.3 Å². The standard InChI is InChI=1S/C18H20N4O2/c1-2-14(15-8-4-3-5-9-15)12-19-17(23)13-22-18(24)21-11-7-6-10-16(21)20-22/h3-11,14H,2,12-13H2,1H3,(H,19,23). The lowest BCUT2D eigenvalue weighted by atomic mass is 9.96. The van der Waals surface area contributed by atoms with Gasteiger partial charge in [-0.2, -0.15) is 0 Å². The number of nitrogens with one attached hydrogen (secondary N) is 1. The second kappa shape index (κ2) is 7.12. The Kier molecular flexibility index (Phi) is 4.74. The molecule has 3 rings (SSSR count). The monoisotopic (exact) mass is 324 g/mol. The van der Waals surface area contributed by atoms with E-state index in [9.17, 15) is 9.59 Å².